The summed E-state index contributed by atoms with van der Waals surface area (Å²) in [6.07, 6.45) is 0. The van der Waals surface area contributed by atoms with Crippen LogP contribution in [0.3, 0.4) is 0 Å². The maximum absolute atomic E-state index is 12.0. The molecule has 0 saturated heterocycles. The van der Waals surface area contributed by atoms with E-state index < -0.39 is 0 Å². The van der Waals surface area contributed by atoms with E-state index in [-0.39, 0.29) is 22.4 Å². The summed E-state index contributed by atoms with van der Waals surface area (Å²) in [4.78, 5) is 27.9. The van der Waals surface area contributed by atoms with Crippen molar-refractivity contribution in [3.8, 4) is 11.5 Å². The van der Waals surface area contributed by atoms with E-state index in [1.54, 1.807) is 6.92 Å². The van der Waals surface area contributed by atoms with Gasteiger partial charge in [-0.2, -0.15) is 0 Å². The van der Waals surface area contributed by atoms with Gasteiger partial charge in [-0.1, -0.05) is 57.5 Å². The summed E-state index contributed by atoms with van der Waals surface area (Å²) in [5.74, 6) is 2.06. The van der Waals surface area contributed by atoms with Crippen molar-refractivity contribution in [3.63, 3.8) is 0 Å². The normalized spacial score (nSPS) is 15.0. The summed E-state index contributed by atoms with van der Waals surface area (Å²) in [6, 6.07) is 7.82. The lowest BCUT2D eigenvalue weighted by Crippen LogP contribution is -2.31. The first-order chi connectivity index (χ1) is 17.1. The highest BCUT2D eigenvalue weighted by molar-refractivity contribution is 9.09. The molecule has 0 aliphatic carbocycles. The molecular formula is C30H41BrN2O4. The number of ether oxygens (including phenoxy) is 2. The number of rotatable bonds is 3. The molecule has 2 aliphatic heterocycles. The highest BCUT2D eigenvalue weighted by Gasteiger charge is 2.28. The average molecular weight is 574 g/mol. The van der Waals surface area contributed by atoms with Crippen LogP contribution in [0, 0.1) is 0 Å². The Balaban J connectivity index is 0.000000206. The number of Topliss-reactive ketones (excluding diaryl/α,β-unsaturated/α-hetero) is 2. The Morgan fingerprint density at radius 2 is 1.19 bits per heavy atom. The van der Waals surface area contributed by atoms with Crippen molar-refractivity contribution in [2.45, 2.75) is 59.3 Å². The summed E-state index contributed by atoms with van der Waals surface area (Å²) in [5.41, 5.74) is 5.67. The van der Waals surface area contributed by atoms with E-state index in [0.29, 0.717) is 18.5 Å². The van der Waals surface area contributed by atoms with Crippen LogP contribution in [-0.2, 0) is 10.8 Å². The zero-order valence-corrected chi connectivity index (χ0v) is 25.3. The van der Waals surface area contributed by atoms with Gasteiger partial charge in [0.05, 0.1) is 29.8 Å². The maximum Gasteiger partial charge on any atom is 0.173 e. The first kappa shape index (κ1) is 29.0. The van der Waals surface area contributed by atoms with Crippen LogP contribution in [0.5, 0.6) is 11.5 Å². The fourth-order valence-corrected chi connectivity index (χ4v) is 4.79. The Hall–Kier alpha value is -2.54. The van der Waals surface area contributed by atoms with Crippen LogP contribution in [0.4, 0.5) is 11.4 Å². The molecule has 0 fully saturated rings. The molecule has 7 heteroatoms. The van der Waals surface area contributed by atoms with Crippen molar-refractivity contribution >= 4 is 38.9 Å². The van der Waals surface area contributed by atoms with Gasteiger partial charge in [-0.3, -0.25) is 9.59 Å². The Kier molecular flexibility index (Phi) is 8.68. The molecule has 2 aromatic rings. The standard InChI is InChI=1S/C15H20BrNO2.C15H21NO2/c1-15(2,3)11-7-10(13(18)9-16)8-12-14(11)19-6-5-17(12)4;1-10(17)11-8-12(15(2,3)4)14-13(9-11)16(5)6-7-18-14/h7-8H,5-6,9H2,1-4H3;8-9H,6-7H2,1-5H3. The zero-order valence-electron chi connectivity index (χ0n) is 23.8. The van der Waals surface area contributed by atoms with Crippen molar-refractivity contribution in [2.24, 2.45) is 0 Å². The minimum Gasteiger partial charge on any atom is -0.489 e. The van der Waals surface area contributed by atoms with Gasteiger partial charge in [-0.25, -0.2) is 0 Å². The van der Waals surface area contributed by atoms with Gasteiger partial charge in [-0.05, 0) is 42.0 Å². The molecular weight excluding hydrogens is 532 g/mol. The van der Waals surface area contributed by atoms with Crippen LogP contribution >= 0.6 is 15.9 Å². The van der Waals surface area contributed by atoms with Gasteiger partial charge in [0.1, 0.15) is 24.7 Å². The fraction of sp³-hybridized carbons (Fsp3) is 0.533. The molecule has 0 spiro atoms. The fourth-order valence-electron chi connectivity index (χ4n) is 4.46. The van der Waals surface area contributed by atoms with E-state index in [1.165, 1.54) is 0 Å². The highest BCUT2D eigenvalue weighted by atomic mass is 79.9. The zero-order chi connectivity index (χ0) is 27.7. The molecule has 2 aromatic carbocycles. The topological polar surface area (TPSA) is 59.1 Å². The average Bonchev–Trinajstić information content (AvgIpc) is 2.82. The Morgan fingerprint density at radius 1 is 0.784 bits per heavy atom. The SMILES string of the molecule is CC(=O)c1cc2c(c(C(C)(C)C)c1)OCCN2C.CN1CCOc2c1cc(C(=O)CBr)cc2C(C)(C)C. The van der Waals surface area contributed by atoms with Crippen LogP contribution < -0.4 is 19.3 Å². The van der Waals surface area contributed by atoms with E-state index in [9.17, 15) is 9.59 Å². The lowest BCUT2D eigenvalue weighted by molar-refractivity contribution is 0.101. The molecule has 202 valence electrons. The number of hydrogen-bond donors (Lipinski definition) is 0. The Bertz CT molecular complexity index is 1180. The van der Waals surface area contributed by atoms with Gasteiger partial charge < -0.3 is 19.3 Å². The predicted octanol–water partition coefficient (Wildman–Crippen LogP) is 6.41. The Labute approximate surface area is 230 Å². The number of alkyl halides is 1. The first-order valence-corrected chi connectivity index (χ1v) is 13.9. The molecule has 0 saturated carbocycles. The second-order valence-electron chi connectivity index (χ2n) is 11.9. The number of hydrogen-bond acceptors (Lipinski definition) is 6. The van der Waals surface area contributed by atoms with Crippen LogP contribution in [0.2, 0.25) is 0 Å². The number of benzene rings is 2. The molecule has 4 rings (SSSR count). The number of carbonyl (C=O) groups excluding carboxylic acids is 2. The van der Waals surface area contributed by atoms with Crippen molar-refractivity contribution < 1.29 is 19.1 Å². The third kappa shape index (κ3) is 6.49. The quantitative estimate of drug-likeness (QED) is 0.313. The molecule has 0 bridgehead atoms. The van der Waals surface area contributed by atoms with Crippen molar-refractivity contribution in [2.75, 3.05) is 55.5 Å². The first-order valence-electron chi connectivity index (χ1n) is 12.8. The van der Waals surface area contributed by atoms with Crippen molar-refractivity contribution in [1.82, 2.24) is 0 Å². The summed E-state index contributed by atoms with van der Waals surface area (Å²) >= 11 is 3.24. The van der Waals surface area contributed by atoms with Crippen LogP contribution in [0.1, 0.15) is 80.3 Å². The van der Waals surface area contributed by atoms with Crippen LogP contribution in [-0.4, -0.2) is 57.3 Å². The molecule has 0 atom stereocenters. The minimum atomic E-state index is -0.0507. The molecule has 0 amide bonds. The number of nitrogens with zero attached hydrogens (tertiary/aromatic N) is 2. The molecule has 2 heterocycles. The highest BCUT2D eigenvalue weighted by Crippen LogP contribution is 2.42. The number of anilines is 2. The lowest BCUT2D eigenvalue weighted by Gasteiger charge is -2.33. The summed E-state index contributed by atoms with van der Waals surface area (Å²) in [7, 11) is 4.08. The number of fused-ring (bicyclic) bond motifs is 2. The summed E-state index contributed by atoms with van der Waals surface area (Å²) in [6.45, 7) is 17.6. The minimum absolute atomic E-state index is 0.0340. The molecule has 6 nitrogen and oxygen atoms in total. The van der Waals surface area contributed by atoms with Crippen molar-refractivity contribution in [3.05, 3.63) is 46.5 Å². The van der Waals surface area contributed by atoms with E-state index >= 15 is 0 Å². The van der Waals surface area contributed by atoms with Crippen molar-refractivity contribution in [1.29, 1.82) is 0 Å². The lowest BCUT2D eigenvalue weighted by atomic mass is 9.84. The third-order valence-corrected chi connectivity index (χ3v) is 7.28. The molecule has 0 N–H and O–H groups in total. The monoisotopic (exact) mass is 572 g/mol. The smallest absolute Gasteiger partial charge is 0.173 e. The molecule has 37 heavy (non-hydrogen) atoms. The second-order valence-corrected chi connectivity index (χ2v) is 12.5. The van der Waals surface area contributed by atoms with E-state index in [1.807, 2.05) is 38.4 Å². The van der Waals surface area contributed by atoms with Gasteiger partial charge in [0, 0.05) is 36.3 Å². The Morgan fingerprint density at radius 3 is 1.57 bits per heavy atom. The second kappa shape index (κ2) is 11.1. The van der Waals surface area contributed by atoms with Crippen LogP contribution in [0.15, 0.2) is 24.3 Å². The largest absolute Gasteiger partial charge is 0.489 e. The van der Waals surface area contributed by atoms with Gasteiger partial charge in [0.2, 0.25) is 0 Å². The molecule has 0 unspecified atom stereocenters. The number of likely N-dealkylation sites (N-methyl/N-ethyl adjacent to an activating group) is 2. The van der Waals surface area contributed by atoms with Crippen LogP contribution in [0.25, 0.3) is 0 Å². The summed E-state index contributed by atoms with van der Waals surface area (Å²) in [5, 5.41) is 0.347. The third-order valence-electron chi connectivity index (χ3n) is 6.77. The molecule has 0 radical (unpaired) electrons. The number of ketones is 2. The molecule has 2 aliphatic rings. The van der Waals surface area contributed by atoms with E-state index in [0.717, 1.165) is 58.2 Å². The van der Waals surface area contributed by atoms with Gasteiger partial charge in [0.25, 0.3) is 0 Å². The van der Waals surface area contributed by atoms with Gasteiger partial charge in [0.15, 0.2) is 11.6 Å². The number of halogens is 1. The summed E-state index contributed by atoms with van der Waals surface area (Å²) < 4.78 is 11.7. The maximum atomic E-state index is 12.0. The number of carbonyl (C=O) groups is 2. The van der Waals surface area contributed by atoms with E-state index in [4.69, 9.17) is 9.47 Å². The van der Waals surface area contributed by atoms with E-state index in [2.05, 4.69) is 67.3 Å². The van der Waals surface area contributed by atoms with Gasteiger partial charge in [-0.15, -0.1) is 0 Å². The van der Waals surface area contributed by atoms with Gasteiger partial charge >= 0.3 is 0 Å². The predicted molar refractivity (Wildman–Crippen MR) is 156 cm³/mol. The molecule has 0 aromatic heterocycles.